The van der Waals surface area contributed by atoms with Crippen molar-refractivity contribution >= 4 is 23.5 Å². The van der Waals surface area contributed by atoms with Gasteiger partial charge in [0.2, 0.25) is 0 Å². The number of carbonyl (C=O) groups is 2. The number of rotatable bonds is 4. The third kappa shape index (κ3) is 3.88. The molecule has 2 rings (SSSR count). The van der Waals surface area contributed by atoms with Crippen molar-refractivity contribution in [3.05, 3.63) is 28.8 Å². The molecule has 0 bridgehead atoms. The van der Waals surface area contributed by atoms with Crippen molar-refractivity contribution in [1.82, 2.24) is 5.32 Å². The number of amides is 1. The molecule has 0 spiro atoms. The molecule has 1 N–H and O–H groups in total. The Kier molecular flexibility index (Phi) is 5.07. The number of ether oxygens (including phenoxy) is 2. The van der Waals surface area contributed by atoms with Crippen molar-refractivity contribution in [1.29, 1.82) is 0 Å². The third-order valence-electron chi connectivity index (χ3n) is 3.28. The molecule has 1 aliphatic heterocycles. The van der Waals surface area contributed by atoms with E-state index in [9.17, 15) is 9.59 Å². The van der Waals surface area contributed by atoms with Crippen molar-refractivity contribution in [2.75, 3.05) is 13.2 Å². The zero-order chi connectivity index (χ0) is 15.4. The molecule has 6 heteroatoms. The summed E-state index contributed by atoms with van der Waals surface area (Å²) < 4.78 is 10.7. The van der Waals surface area contributed by atoms with Crippen LogP contribution in [0.1, 0.15) is 19.4 Å². The monoisotopic (exact) mass is 311 g/mol. The molecule has 2 atom stereocenters. The van der Waals surface area contributed by atoms with Gasteiger partial charge in [-0.2, -0.15) is 0 Å². The van der Waals surface area contributed by atoms with Crippen LogP contribution in [-0.2, 0) is 20.7 Å². The molecule has 0 radical (unpaired) electrons. The lowest BCUT2D eigenvalue weighted by atomic mass is 9.97. The normalized spacial score (nSPS) is 18.1. The lowest BCUT2D eigenvalue weighted by Crippen LogP contribution is -2.38. The van der Waals surface area contributed by atoms with Gasteiger partial charge in [-0.1, -0.05) is 11.6 Å². The summed E-state index contributed by atoms with van der Waals surface area (Å²) in [5.41, 5.74) is 0.876. The Hall–Kier alpha value is -1.75. The van der Waals surface area contributed by atoms with Crippen molar-refractivity contribution in [3.8, 4) is 5.75 Å². The van der Waals surface area contributed by atoms with E-state index in [1.807, 2.05) is 6.92 Å². The second kappa shape index (κ2) is 6.80. The number of halogens is 1. The summed E-state index contributed by atoms with van der Waals surface area (Å²) >= 11 is 5.94. The molecule has 0 aliphatic carbocycles. The van der Waals surface area contributed by atoms with Crippen LogP contribution >= 0.6 is 11.6 Å². The Bertz CT molecular complexity index is 546. The molecule has 0 aromatic heterocycles. The molecule has 5 nitrogen and oxygen atoms in total. The van der Waals surface area contributed by atoms with Gasteiger partial charge in [0.1, 0.15) is 12.4 Å². The van der Waals surface area contributed by atoms with Gasteiger partial charge in [-0.3, -0.25) is 9.59 Å². The molecule has 0 saturated heterocycles. The van der Waals surface area contributed by atoms with Crippen LogP contribution in [0.4, 0.5) is 0 Å². The number of carbonyl (C=O) groups excluding carboxylic acids is 2. The van der Waals surface area contributed by atoms with E-state index in [0.29, 0.717) is 18.0 Å². The first kappa shape index (κ1) is 15.6. The Morgan fingerprint density at radius 3 is 3.00 bits per heavy atom. The number of nitrogens with one attached hydrogen (secondary N) is 1. The fourth-order valence-corrected chi connectivity index (χ4v) is 2.35. The van der Waals surface area contributed by atoms with E-state index in [1.165, 1.54) is 0 Å². The standard InChI is InChI=1S/C15H18ClNO4/c1-3-17-14(18)9(2)21-15(19)11-6-10-7-12(16)4-5-13(10)20-8-11/h4-5,7,9,11H,3,6,8H2,1-2H3,(H,17,18)/t9-,11+/m1/s1. The molecule has 1 amide bonds. The van der Waals surface area contributed by atoms with E-state index in [1.54, 1.807) is 25.1 Å². The van der Waals surface area contributed by atoms with Gasteiger partial charge in [0.05, 0.1) is 5.92 Å². The lowest BCUT2D eigenvalue weighted by Gasteiger charge is -2.25. The van der Waals surface area contributed by atoms with Crippen LogP contribution in [0.25, 0.3) is 0 Å². The van der Waals surface area contributed by atoms with E-state index in [0.717, 1.165) is 11.3 Å². The molecule has 1 aromatic rings. The second-order valence-corrected chi connectivity index (χ2v) is 5.37. The Morgan fingerprint density at radius 1 is 1.52 bits per heavy atom. The predicted octanol–water partition coefficient (Wildman–Crippen LogP) is 1.96. The third-order valence-corrected chi connectivity index (χ3v) is 3.51. The zero-order valence-electron chi connectivity index (χ0n) is 12.0. The highest BCUT2D eigenvalue weighted by atomic mass is 35.5. The first-order valence-corrected chi connectivity index (χ1v) is 7.28. The summed E-state index contributed by atoms with van der Waals surface area (Å²) in [5.74, 6) is -0.418. The molecule has 0 unspecified atom stereocenters. The molecule has 21 heavy (non-hydrogen) atoms. The van der Waals surface area contributed by atoms with E-state index in [4.69, 9.17) is 21.1 Å². The molecule has 114 valence electrons. The highest BCUT2D eigenvalue weighted by molar-refractivity contribution is 6.30. The van der Waals surface area contributed by atoms with Crippen LogP contribution < -0.4 is 10.1 Å². The minimum absolute atomic E-state index is 0.246. The van der Waals surface area contributed by atoms with E-state index < -0.39 is 18.0 Å². The minimum Gasteiger partial charge on any atom is -0.492 e. The maximum Gasteiger partial charge on any atom is 0.313 e. The average molecular weight is 312 g/mol. The Morgan fingerprint density at radius 2 is 2.29 bits per heavy atom. The first-order valence-electron chi connectivity index (χ1n) is 6.90. The van der Waals surface area contributed by atoms with E-state index >= 15 is 0 Å². The van der Waals surface area contributed by atoms with Crippen molar-refractivity contribution in [2.45, 2.75) is 26.4 Å². The minimum atomic E-state index is -0.807. The fraction of sp³-hybridized carbons (Fsp3) is 0.467. The average Bonchev–Trinajstić information content (AvgIpc) is 2.46. The summed E-state index contributed by atoms with van der Waals surface area (Å²) in [5, 5.41) is 3.21. The fourth-order valence-electron chi connectivity index (χ4n) is 2.16. The summed E-state index contributed by atoms with van der Waals surface area (Å²) in [6, 6.07) is 5.32. The van der Waals surface area contributed by atoms with Crippen LogP contribution in [0.15, 0.2) is 18.2 Å². The molecule has 1 aromatic carbocycles. The number of benzene rings is 1. The van der Waals surface area contributed by atoms with Crippen molar-refractivity contribution < 1.29 is 19.1 Å². The predicted molar refractivity (Wildman–Crippen MR) is 78.4 cm³/mol. The molecular weight excluding hydrogens is 294 g/mol. The number of esters is 1. The van der Waals surface area contributed by atoms with Crippen LogP contribution in [0.5, 0.6) is 5.75 Å². The number of hydrogen-bond acceptors (Lipinski definition) is 4. The largest absolute Gasteiger partial charge is 0.492 e. The molecule has 0 fully saturated rings. The van der Waals surface area contributed by atoms with Gasteiger partial charge in [-0.15, -0.1) is 0 Å². The summed E-state index contributed by atoms with van der Waals surface area (Å²) in [4.78, 5) is 23.7. The lowest BCUT2D eigenvalue weighted by molar-refractivity contribution is -0.160. The molecule has 1 heterocycles. The van der Waals surface area contributed by atoms with Crippen LogP contribution in [-0.4, -0.2) is 31.1 Å². The maximum absolute atomic E-state index is 12.1. The summed E-state index contributed by atoms with van der Waals surface area (Å²) in [6.45, 7) is 4.11. The number of likely N-dealkylation sites (N-methyl/N-ethyl adjacent to an activating group) is 1. The quantitative estimate of drug-likeness (QED) is 0.863. The van der Waals surface area contributed by atoms with E-state index in [2.05, 4.69) is 5.32 Å². The first-order chi connectivity index (χ1) is 10.0. The Balaban J connectivity index is 1.97. The number of fused-ring (bicyclic) bond motifs is 1. The van der Waals surface area contributed by atoms with E-state index in [-0.39, 0.29) is 12.5 Å². The van der Waals surface area contributed by atoms with Crippen LogP contribution in [0, 0.1) is 5.92 Å². The number of hydrogen-bond donors (Lipinski definition) is 1. The molecular formula is C15H18ClNO4. The zero-order valence-corrected chi connectivity index (χ0v) is 12.8. The highest BCUT2D eigenvalue weighted by Crippen LogP contribution is 2.30. The van der Waals surface area contributed by atoms with Gasteiger partial charge >= 0.3 is 5.97 Å². The van der Waals surface area contributed by atoms with Crippen LogP contribution in [0.3, 0.4) is 0 Å². The summed E-state index contributed by atoms with van der Waals surface area (Å²) in [6.07, 6.45) is -0.310. The van der Waals surface area contributed by atoms with Crippen molar-refractivity contribution in [3.63, 3.8) is 0 Å². The SMILES string of the molecule is CCNC(=O)[C@@H](C)OC(=O)[C@@H]1COc2ccc(Cl)cc2C1. The van der Waals surface area contributed by atoms with Crippen molar-refractivity contribution in [2.24, 2.45) is 5.92 Å². The molecule has 0 saturated carbocycles. The van der Waals surface area contributed by atoms with Gasteiger partial charge in [-0.25, -0.2) is 0 Å². The topological polar surface area (TPSA) is 64.6 Å². The second-order valence-electron chi connectivity index (χ2n) is 4.94. The van der Waals surface area contributed by atoms with Gasteiger partial charge in [-0.05, 0) is 44.0 Å². The molecule has 1 aliphatic rings. The van der Waals surface area contributed by atoms with Gasteiger partial charge < -0.3 is 14.8 Å². The summed E-state index contributed by atoms with van der Waals surface area (Å²) in [7, 11) is 0. The maximum atomic E-state index is 12.1. The van der Waals surface area contributed by atoms with Crippen LogP contribution in [0.2, 0.25) is 5.02 Å². The highest BCUT2D eigenvalue weighted by Gasteiger charge is 2.29. The van der Waals surface area contributed by atoms with Gasteiger partial charge in [0.15, 0.2) is 6.10 Å². The van der Waals surface area contributed by atoms with Gasteiger partial charge in [0, 0.05) is 11.6 Å². The Labute approximate surface area is 128 Å². The smallest absolute Gasteiger partial charge is 0.313 e. The van der Waals surface area contributed by atoms with Gasteiger partial charge in [0.25, 0.3) is 5.91 Å².